The number of hydrogen-bond donors (Lipinski definition) is 0. The van der Waals surface area contributed by atoms with Crippen molar-refractivity contribution in [2.75, 3.05) is 7.11 Å². The Balaban J connectivity index is 1.88. The molecule has 1 heterocycles. The van der Waals surface area contributed by atoms with E-state index in [1.165, 1.54) is 25.3 Å². The van der Waals surface area contributed by atoms with Crippen LogP contribution in [0.15, 0.2) is 77.0 Å². The van der Waals surface area contributed by atoms with Crippen LogP contribution >= 0.6 is 15.9 Å². The van der Waals surface area contributed by atoms with E-state index < -0.39 is 29.4 Å². The average Bonchev–Trinajstić information content (AvgIpc) is 3.13. The van der Waals surface area contributed by atoms with E-state index in [1.54, 1.807) is 18.2 Å². The molecule has 4 rings (SSSR count). The summed E-state index contributed by atoms with van der Waals surface area (Å²) in [5, 5.41) is 0. The number of allylic oxidation sites excluding steroid dienone is 1. The number of methoxy groups -OCH3 is 1. The van der Waals surface area contributed by atoms with Gasteiger partial charge in [0.1, 0.15) is 11.5 Å². The first-order valence-electron chi connectivity index (χ1n) is 10.3. The zero-order chi connectivity index (χ0) is 26.3. The maximum atomic E-state index is 13.1. The van der Waals surface area contributed by atoms with Crippen molar-refractivity contribution in [2.24, 2.45) is 0 Å². The van der Waals surface area contributed by atoms with Crippen molar-refractivity contribution >= 4 is 39.1 Å². The van der Waals surface area contributed by atoms with Crippen LogP contribution in [0.1, 0.15) is 27.8 Å². The van der Waals surface area contributed by atoms with Crippen molar-refractivity contribution in [2.45, 2.75) is 12.4 Å². The molecule has 0 saturated heterocycles. The number of esters is 1. The quantitative estimate of drug-likeness (QED) is 0.236. The second-order valence-electron chi connectivity index (χ2n) is 7.69. The van der Waals surface area contributed by atoms with Gasteiger partial charge in [0.05, 0.1) is 28.3 Å². The largest absolute Gasteiger partial charge is 0.496 e. The summed E-state index contributed by atoms with van der Waals surface area (Å²) in [5.41, 5.74) is -0.790. The zero-order valence-corrected chi connectivity index (χ0v) is 19.9. The van der Waals surface area contributed by atoms with E-state index in [2.05, 4.69) is 15.9 Å². The van der Waals surface area contributed by atoms with Gasteiger partial charge in [-0.15, -0.1) is 0 Å². The van der Waals surface area contributed by atoms with Crippen molar-refractivity contribution in [3.05, 3.63) is 105 Å². The number of carbonyl (C=O) groups is 1. The Kier molecular flexibility index (Phi) is 6.74. The summed E-state index contributed by atoms with van der Waals surface area (Å²) >= 11 is 3.35. The average molecular weight is 569 g/mol. The molecular formula is C26H15BrF6O3. The number of carbonyl (C=O) groups excluding carboxylic acids is 1. The molecule has 0 radical (unpaired) electrons. The minimum atomic E-state index is -4.58. The lowest BCUT2D eigenvalue weighted by molar-refractivity contribution is -0.138. The molecule has 0 unspecified atom stereocenters. The second-order valence-corrected chi connectivity index (χ2v) is 8.55. The van der Waals surface area contributed by atoms with Crippen LogP contribution in [0.25, 0.3) is 17.2 Å². The first kappa shape index (κ1) is 25.6. The zero-order valence-electron chi connectivity index (χ0n) is 18.3. The minimum absolute atomic E-state index is 0.0340. The summed E-state index contributed by atoms with van der Waals surface area (Å²) in [5.74, 6) is -0.264. The van der Waals surface area contributed by atoms with Crippen LogP contribution in [0.5, 0.6) is 5.75 Å². The van der Waals surface area contributed by atoms with E-state index in [0.717, 1.165) is 36.4 Å². The van der Waals surface area contributed by atoms with E-state index in [-0.39, 0.29) is 28.0 Å². The fraction of sp³-hybridized carbons (Fsp3) is 0.115. The molecule has 10 heteroatoms. The molecule has 0 fully saturated rings. The Bertz CT molecular complexity index is 1370. The normalized spacial score (nSPS) is 15.4. The standard InChI is InChI=1S/C26H15BrF6O3/c1-35-20-11-2-14(12-19(20)27)13-21-22(15-3-7-17(8-4-15)25(28,29)30)23(24(34)36-21)16-5-9-18(10-6-16)26(31,32)33/h2-13H,1H3/b21-13-. The minimum Gasteiger partial charge on any atom is -0.496 e. The van der Waals surface area contributed by atoms with Gasteiger partial charge in [-0.2, -0.15) is 26.3 Å². The van der Waals surface area contributed by atoms with Crippen LogP contribution in [0.4, 0.5) is 26.3 Å². The van der Waals surface area contributed by atoms with Crippen LogP contribution in [0, 0.1) is 0 Å². The van der Waals surface area contributed by atoms with Gasteiger partial charge in [-0.3, -0.25) is 0 Å². The third-order valence-electron chi connectivity index (χ3n) is 5.38. The van der Waals surface area contributed by atoms with Crippen LogP contribution in [0.2, 0.25) is 0 Å². The monoisotopic (exact) mass is 568 g/mol. The lowest BCUT2D eigenvalue weighted by Gasteiger charge is -2.11. The maximum Gasteiger partial charge on any atom is 0.416 e. The third-order valence-corrected chi connectivity index (χ3v) is 6.00. The van der Waals surface area contributed by atoms with E-state index in [9.17, 15) is 31.1 Å². The first-order chi connectivity index (χ1) is 16.9. The Labute approximate surface area is 209 Å². The molecule has 3 nitrogen and oxygen atoms in total. The van der Waals surface area contributed by atoms with Gasteiger partial charge >= 0.3 is 18.3 Å². The molecular weight excluding hydrogens is 554 g/mol. The highest BCUT2D eigenvalue weighted by Crippen LogP contribution is 2.42. The summed E-state index contributed by atoms with van der Waals surface area (Å²) in [6.45, 7) is 0. The van der Waals surface area contributed by atoms with E-state index >= 15 is 0 Å². The van der Waals surface area contributed by atoms with Crippen molar-refractivity contribution < 1.29 is 40.6 Å². The van der Waals surface area contributed by atoms with Crippen molar-refractivity contribution in [3.63, 3.8) is 0 Å². The summed E-state index contributed by atoms with van der Waals surface area (Å²) in [6, 6.07) is 13.0. The Morgan fingerprint density at radius 3 is 1.72 bits per heavy atom. The molecule has 0 saturated carbocycles. The molecule has 0 bridgehead atoms. The van der Waals surface area contributed by atoms with Gasteiger partial charge in [0.15, 0.2) is 0 Å². The molecule has 0 aliphatic carbocycles. The van der Waals surface area contributed by atoms with Crippen molar-refractivity contribution in [3.8, 4) is 5.75 Å². The van der Waals surface area contributed by atoms with Gasteiger partial charge in [-0.05, 0) is 75.1 Å². The SMILES string of the molecule is COc1ccc(/C=C2\OC(=O)C(c3ccc(C(F)(F)F)cc3)=C2c2ccc(C(F)(F)F)cc2)cc1Br. The van der Waals surface area contributed by atoms with Gasteiger partial charge in [0.2, 0.25) is 0 Å². The lowest BCUT2D eigenvalue weighted by atomic mass is 9.93. The van der Waals surface area contributed by atoms with Crippen LogP contribution < -0.4 is 4.74 Å². The Morgan fingerprint density at radius 2 is 1.28 bits per heavy atom. The number of benzene rings is 3. The van der Waals surface area contributed by atoms with E-state index in [0.29, 0.717) is 15.8 Å². The topological polar surface area (TPSA) is 35.5 Å². The molecule has 186 valence electrons. The molecule has 1 aliphatic rings. The van der Waals surface area contributed by atoms with Crippen LogP contribution in [-0.4, -0.2) is 13.1 Å². The predicted molar refractivity (Wildman–Crippen MR) is 124 cm³/mol. The number of cyclic esters (lactones) is 1. The Hall–Kier alpha value is -3.53. The molecule has 3 aromatic carbocycles. The molecule has 3 aromatic rings. The number of rotatable bonds is 4. The summed E-state index contributed by atoms with van der Waals surface area (Å²) in [4.78, 5) is 12.9. The molecule has 1 aliphatic heterocycles. The number of halogens is 7. The van der Waals surface area contributed by atoms with Gasteiger partial charge in [0, 0.05) is 5.57 Å². The summed E-state index contributed by atoms with van der Waals surface area (Å²) < 4.78 is 89.6. The van der Waals surface area contributed by atoms with E-state index in [4.69, 9.17) is 9.47 Å². The van der Waals surface area contributed by atoms with Crippen molar-refractivity contribution in [1.29, 1.82) is 0 Å². The predicted octanol–water partition coefficient (Wildman–Crippen LogP) is 8.00. The van der Waals surface area contributed by atoms with Gasteiger partial charge in [-0.25, -0.2) is 4.79 Å². The number of hydrogen-bond acceptors (Lipinski definition) is 3. The van der Waals surface area contributed by atoms with Gasteiger partial charge < -0.3 is 9.47 Å². The molecule has 0 amide bonds. The first-order valence-corrected chi connectivity index (χ1v) is 11.0. The summed E-state index contributed by atoms with van der Waals surface area (Å²) in [6.07, 6.45) is -7.64. The highest BCUT2D eigenvalue weighted by Gasteiger charge is 2.35. The number of ether oxygens (including phenoxy) is 2. The second kappa shape index (κ2) is 9.50. The molecule has 0 N–H and O–H groups in total. The van der Waals surface area contributed by atoms with Crippen molar-refractivity contribution in [1.82, 2.24) is 0 Å². The third kappa shape index (κ3) is 5.18. The van der Waals surface area contributed by atoms with Gasteiger partial charge in [-0.1, -0.05) is 30.3 Å². The summed E-state index contributed by atoms with van der Waals surface area (Å²) in [7, 11) is 1.48. The number of alkyl halides is 6. The lowest BCUT2D eigenvalue weighted by Crippen LogP contribution is -2.05. The molecule has 0 aromatic heterocycles. The smallest absolute Gasteiger partial charge is 0.416 e. The van der Waals surface area contributed by atoms with Crippen LogP contribution in [0.3, 0.4) is 0 Å². The Morgan fingerprint density at radius 1 is 0.778 bits per heavy atom. The fourth-order valence-electron chi connectivity index (χ4n) is 3.65. The fourth-order valence-corrected chi connectivity index (χ4v) is 4.21. The van der Waals surface area contributed by atoms with Crippen LogP contribution in [-0.2, 0) is 21.9 Å². The van der Waals surface area contributed by atoms with E-state index in [1.807, 2.05) is 0 Å². The highest BCUT2D eigenvalue weighted by atomic mass is 79.9. The van der Waals surface area contributed by atoms with Gasteiger partial charge in [0.25, 0.3) is 0 Å². The molecule has 36 heavy (non-hydrogen) atoms. The maximum absolute atomic E-state index is 13.1. The highest BCUT2D eigenvalue weighted by molar-refractivity contribution is 9.10. The molecule has 0 atom stereocenters. The molecule has 0 spiro atoms.